The quantitative estimate of drug-likeness (QED) is 0.883. The van der Waals surface area contributed by atoms with Crippen molar-refractivity contribution in [1.29, 1.82) is 0 Å². The van der Waals surface area contributed by atoms with Gasteiger partial charge in [0.2, 0.25) is 5.91 Å². The van der Waals surface area contributed by atoms with Crippen LogP contribution in [0.2, 0.25) is 0 Å². The Morgan fingerprint density at radius 1 is 1.60 bits per heavy atom. The topological polar surface area (TPSA) is 50.2 Å². The summed E-state index contributed by atoms with van der Waals surface area (Å²) in [6.45, 7) is 3.10. The van der Waals surface area contributed by atoms with Crippen LogP contribution in [0.15, 0.2) is 29.9 Å². The highest BCUT2D eigenvalue weighted by atomic mass is 32.1. The van der Waals surface area contributed by atoms with Crippen molar-refractivity contribution in [2.75, 3.05) is 13.6 Å². The van der Waals surface area contributed by atoms with Crippen molar-refractivity contribution >= 4 is 17.2 Å². The van der Waals surface area contributed by atoms with E-state index in [9.17, 15) is 4.79 Å². The number of aromatic nitrogens is 2. The van der Waals surface area contributed by atoms with E-state index in [1.807, 2.05) is 55.8 Å². The summed E-state index contributed by atoms with van der Waals surface area (Å²) < 4.78 is 1.77. The summed E-state index contributed by atoms with van der Waals surface area (Å²) in [5.41, 5.74) is 1.11. The monoisotopic (exact) mass is 292 g/mol. The average molecular weight is 292 g/mol. The van der Waals surface area contributed by atoms with Crippen molar-refractivity contribution in [2.45, 2.75) is 19.5 Å². The summed E-state index contributed by atoms with van der Waals surface area (Å²) >= 11 is 1.66. The summed E-state index contributed by atoms with van der Waals surface area (Å²) in [7, 11) is 3.82. The minimum atomic E-state index is 0.0392. The fourth-order valence-electron chi connectivity index (χ4n) is 2.06. The summed E-state index contributed by atoms with van der Waals surface area (Å²) in [6.07, 6.45) is 3.78. The van der Waals surface area contributed by atoms with Crippen molar-refractivity contribution in [3.05, 3.63) is 40.3 Å². The average Bonchev–Trinajstić information content (AvgIpc) is 3.00. The van der Waals surface area contributed by atoms with Crippen molar-refractivity contribution < 1.29 is 4.79 Å². The molecular formula is C14H20N4OS. The Hall–Kier alpha value is -1.66. The lowest BCUT2D eigenvalue weighted by molar-refractivity contribution is -0.122. The van der Waals surface area contributed by atoms with Gasteiger partial charge in [0.1, 0.15) is 0 Å². The van der Waals surface area contributed by atoms with Gasteiger partial charge in [0, 0.05) is 30.2 Å². The molecule has 0 fully saturated rings. The van der Waals surface area contributed by atoms with E-state index in [4.69, 9.17) is 0 Å². The molecule has 0 aliphatic carbocycles. The van der Waals surface area contributed by atoms with Crippen LogP contribution in [-0.2, 0) is 18.4 Å². The molecule has 0 aliphatic rings. The van der Waals surface area contributed by atoms with Gasteiger partial charge >= 0.3 is 0 Å². The second kappa shape index (κ2) is 6.67. The van der Waals surface area contributed by atoms with Crippen molar-refractivity contribution in [2.24, 2.45) is 7.05 Å². The molecule has 0 aromatic carbocycles. The number of hydrogen-bond acceptors (Lipinski definition) is 4. The normalized spacial score (nSPS) is 12.6. The number of nitrogens with one attached hydrogen (secondary N) is 1. The van der Waals surface area contributed by atoms with Gasteiger partial charge in [-0.3, -0.25) is 14.4 Å². The molecule has 0 radical (unpaired) electrons. The maximum absolute atomic E-state index is 12.0. The predicted octanol–water partition coefficient (Wildman–Crippen LogP) is 1.79. The maximum atomic E-state index is 12.0. The minimum Gasteiger partial charge on any atom is -0.348 e. The lowest BCUT2D eigenvalue weighted by Gasteiger charge is -2.17. The number of rotatable bonds is 6. The van der Waals surface area contributed by atoms with Crippen LogP contribution in [0.5, 0.6) is 0 Å². The van der Waals surface area contributed by atoms with Crippen molar-refractivity contribution in [1.82, 2.24) is 20.0 Å². The van der Waals surface area contributed by atoms with Gasteiger partial charge in [0.05, 0.1) is 18.8 Å². The molecule has 1 atom stereocenters. The molecule has 1 N–H and O–H groups in total. The third-order valence-electron chi connectivity index (χ3n) is 2.97. The zero-order chi connectivity index (χ0) is 14.5. The molecule has 2 aromatic heterocycles. The molecule has 5 nitrogen and oxygen atoms in total. The first-order chi connectivity index (χ1) is 9.54. The Morgan fingerprint density at radius 3 is 3.00 bits per heavy atom. The lowest BCUT2D eigenvalue weighted by atomic mass is 10.2. The molecular weight excluding hydrogens is 272 g/mol. The molecule has 0 saturated heterocycles. The fourth-order valence-corrected chi connectivity index (χ4v) is 2.80. The summed E-state index contributed by atoms with van der Waals surface area (Å²) in [4.78, 5) is 15.1. The zero-order valence-electron chi connectivity index (χ0n) is 12.0. The van der Waals surface area contributed by atoms with E-state index >= 15 is 0 Å². The number of carbonyl (C=O) groups excluding carboxylic acids is 1. The van der Waals surface area contributed by atoms with Crippen LogP contribution in [-0.4, -0.2) is 34.2 Å². The number of carbonyl (C=O) groups is 1. The molecule has 0 aliphatic heterocycles. The van der Waals surface area contributed by atoms with E-state index in [0.717, 1.165) is 5.56 Å². The third-order valence-corrected chi connectivity index (χ3v) is 4.03. The SMILES string of the molecule is CC(NC(=O)CN(C)Cc1cnn(C)c1)c1cccs1. The van der Waals surface area contributed by atoms with E-state index in [2.05, 4.69) is 10.4 Å². The highest BCUT2D eigenvalue weighted by Gasteiger charge is 2.12. The molecule has 0 spiro atoms. The Morgan fingerprint density at radius 2 is 2.40 bits per heavy atom. The molecule has 2 heterocycles. The molecule has 0 bridgehead atoms. The molecule has 0 saturated carbocycles. The Balaban J connectivity index is 1.79. The molecule has 1 unspecified atom stereocenters. The molecule has 1 amide bonds. The number of thiophene rings is 1. The second-order valence-corrected chi connectivity index (χ2v) is 5.98. The first kappa shape index (κ1) is 14.7. The van der Waals surface area contributed by atoms with Crippen LogP contribution in [0, 0.1) is 0 Å². The Bertz CT molecular complexity index is 549. The highest BCUT2D eigenvalue weighted by molar-refractivity contribution is 7.10. The van der Waals surface area contributed by atoms with Crippen molar-refractivity contribution in [3.63, 3.8) is 0 Å². The summed E-state index contributed by atoms with van der Waals surface area (Å²) in [6, 6.07) is 4.10. The number of amides is 1. The largest absolute Gasteiger partial charge is 0.348 e. The number of hydrogen-bond donors (Lipinski definition) is 1. The van der Waals surface area contributed by atoms with E-state index in [0.29, 0.717) is 13.1 Å². The standard InChI is InChI=1S/C14H20N4OS/c1-11(13-5-4-6-20-13)16-14(19)10-17(2)8-12-7-15-18(3)9-12/h4-7,9,11H,8,10H2,1-3H3,(H,16,19). The van der Waals surface area contributed by atoms with Crippen LogP contribution in [0.25, 0.3) is 0 Å². The zero-order valence-corrected chi connectivity index (χ0v) is 12.9. The smallest absolute Gasteiger partial charge is 0.234 e. The number of aryl methyl sites for hydroxylation is 1. The molecule has 108 valence electrons. The van der Waals surface area contributed by atoms with Gasteiger partial charge in [-0.1, -0.05) is 6.07 Å². The van der Waals surface area contributed by atoms with Crippen LogP contribution in [0.1, 0.15) is 23.4 Å². The van der Waals surface area contributed by atoms with E-state index in [-0.39, 0.29) is 11.9 Å². The molecule has 2 rings (SSSR count). The molecule has 6 heteroatoms. The van der Waals surface area contributed by atoms with Gasteiger partial charge in [0.15, 0.2) is 0 Å². The lowest BCUT2D eigenvalue weighted by Crippen LogP contribution is -2.36. The van der Waals surface area contributed by atoms with Gasteiger partial charge in [-0.2, -0.15) is 5.10 Å². The summed E-state index contributed by atoms with van der Waals surface area (Å²) in [5.74, 6) is 0.0392. The predicted molar refractivity (Wildman–Crippen MR) is 80.4 cm³/mol. The van der Waals surface area contributed by atoms with E-state index in [1.165, 1.54) is 4.88 Å². The number of likely N-dealkylation sites (N-methyl/N-ethyl adjacent to an activating group) is 1. The van der Waals surface area contributed by atoms with Gasteiger partial charge in [-0.15, -0.1) is 11.3 Å². The van der Waals surface area contributed by atoms with Gasteiger partial charge in [-0.05, 0) is 25.4 Å². The first-order valence-corrected chi connectivity index (χ1v) is 7.41. The molecule has 2 aromatic rings. The van der Waals surface area contributed by atoms with E-state index in [1.54, 1.807) is 16.0 Å². The Labute approximate surface area is 123 Å². The summed E-state index contributed by atoms with van der Waals surface area (Å²) in [5, 5.41) is 9.16. The third kappa shape index (κ3) is 4.18. The minimum absolute atomic E-state index is 0.0392. The first-order valence-electron chi connectivity index (χ1n) is 6.53. The highest BCUT2D eigenvalue weighted by Crippen LogP contribution is 2.17. The van der Waals surface area contributed by atoms with E-state index < -0.39 is 0 Å². The van der Waals surface area contributed by atoms with Crippen molar-refractivity contribution in [3.8, 4) is 0 Å². The van der Waals surface area contributed by atoms with Crippen LogP contribution < -0.4 is 5.32 Å². The maximum Gasteiger partial charge on any atom is 0.234 e. The fraction of sp³-hybridized carbons (Fsp3) is 0.429. The van der Waals surface area contributed by atoms with Crippen LogP contribution in [0.3, 0.4) is 0 Å². The second-order valence-electron chi connectivity index (χ2n) is 5.00. The van der Waals surface area contributed by atoms with Gasteiger partial charge in [0.25, 0.3) is 0 Å². The van der Waals surface area contributed by atoms with Crippen LogP contribution in [0.4, 0.5) is 0 Å². The number of nitrogens with zero attached hydrogens (tertiary/aromatic N) is 3. The van der Waals surface area contributed by atoms with Gasteiger partial charge < -0.3 is 5.32 Å². The van der Waals surface area contributed by atoms with Gasteiger partial charge in [-0.25, -0.2) is 0 Å². The molecule has 20 heavy (non-hydrogen) atoms. The van der Waals surface area contributed by atoms with Crippen LogP contribution >= 0.6 is 11.3 Å². The Kier molecular flexibility index (Phi) is 4.92.